The van der Waals surface area contributed by atoms with Crippen molar-refractivity contribution in [2.45, 2.75) is 20.8 Å². The second kappa shape index (κ2) is 6.64. The molecule has 2 rings (SSSR count). The highest BCUT2D eigenvalue weighted by Gasteiger charge is 2.22. The third-order valence-corrected chi connectivity index (χ3v) is 3.74. The van der Waals surface area contributed by atoms with Gasteiger partial charge in [-0.25, -0.2) is 9.48 Å². The number of rotatable bonds is 5. The number of carbonyl (C=O) groups is 2. The van der Waals surface area contributed by atoms with Crippen molar-refractivity contribution >= 4 is 11.8 Å². The van der Waals surface area contributed by atoms with Gasteiger partial charge >= 0.3 is 5.97 Å². The average Bonchev–Trinajstić information content (AvgIpc) is 2.88. The van der Waals surface area contributed by atoms with Gasteiger partial charge in [-0.2, -0.15) is 5.10 Å². The normalized spacial score (nSPS) is 10.5. The molecule has 6 nitrogen and oxygen atoms in total. The first kappa shape index (κ1) is 16.7. The number of esters is 1. The Labute approximate surface area is 135 Å². The van der Waals surface area contributed by atoms with Crippen LogP contribution in [0.15, 0.2) is 18.3 Å². The molecule has 0 saturated carbocycles. The molecule has 0 N–H and O–H groups in total. The Kier molecular flexibility index (Phi) is 4.83. The number of hydrogen-bond donors (Lipinski definition) is 0. The minimum Gasteiger partial charge on any atom is -0.466 e. The van der Waals surface area contributed by atoms with Gasteiger partial charge in [-0.15, -0.1) is 0 Å². The molecule has 122 valence electrons. The van der Waals surface area contributed by atoms with E-state index in [-0.39, 0.29) is 18.3 Å². The van der Waals surface area contributed by atoms with E-state index in [1.54, 1.807) is 7.05 Å². The lowest BCUT2D eigenvalue weighted by Crippen LogP contribution is -2.16. The molecule has 1 aromatic heterocycles. The fraction of sp³-hybridized carbons (Fsp3) is 0.353. The number of nitrogens with zero attached hydrogens (tertiary/aromatic N) is 2. The minimum atomic E-state index is -0.521. The minimum absolute atomic E-state index is 0.178. The number of benzene rings is 1. The van der Waals surface area contributed by atoms with Gasteiger partial charge in [0.1, 0.15) is 5.56 Å². The third kappa shape index (κ3) is 3.41. The number of aromatic nitrogens is 2. The Morgan fingerprint density at radius 2 is 1.87 bits per heavy atom. The van der Waals surface area contributed by atoms with Gasteiger partial charge in [-0.05, 0) is 38.0 Å². The fourth-order valence-electron chi connectivity index (χ4n) is 2.36. The van der Waals surface area contributed by atoms with Crippen LogP contribution >= 0.6 is 0 Å². The van der Waals surface area contributed by atoms with Gasteiger partial charge in [-0.1, -0.05) is 11.6 Å². The SMILES string of the molecule is COC(=O)COc1c(C(=O)c2cc(C)cc(C)c2C)cnn1C. The van der Waals surface area contributed by atoms with Crippen LogP contribution in [0.4, 0.5) is 0 Å². The van der Waals surface area contributed by atoms with Crippen LogP contribution in [0, 0.1) is 20.8 Å². The molecule has 0 spiro atoms. The molecule has 1 heterocycles. The van der Waals surface area contributed by atoms with Crippen LogP contribution in [0.5, 0.6) is 5.88 Å². The van der Waals surface area contributed by atoms with Gasteiger partial charge in [0, 0.05) is 12.6 Å². The molecule has 0 bridgehead atoms. The van der Waals surface area contributed by atoms with Crippen molar-refractivity contribution in [1.29, 1.82) is 0 Å². The molecule has 0 fully saturated rings. The molecule has 0 aliphatic heterocycles. The quantitative estimate of drug-likeness (QED) is 0.624. The highest BCUT2D eigenvalue weighted by molar-refractivity contribution is 6.11. The first-order valence-corrected chi connectivity index (χ1v) is 7.19. The van der Waals surface area contributed by atoms with Crippen LogP contribution in [0.2, 0.25) is 0 Å². The molecule has 0 unspecified atom stereocenters. The second-order valence-electron chi connectivity index (χ2n) is 5.44. The van der Waals surface area contributed by atoms with Crippen molar-refractivity contribution in [2.75, 3.05) is 13.7 Å². The lowest BCUT2D eigenvalue weighted by molar-refractivity contribution is -0.143. The van der Waals surface area contributed by atoms with Crippen LogP contribution in [-0.4, -0.2) is 35.2 Å². The molecule has 6 heteroatoms. The largest absolute Gasteiger partial charge is 0.466 e. The summed E-state index contributed by atoms with van der Waals surface area (Å²) in [6.07, 6.45) is 1.45. The van der Waals surface area contributed by atoms with Crippen LogP contribution in [-0.2, 0) is 16.6 Å². The zero-order valence-corrected chi connectivity index (χ0v) is 14.0. The number of aryl methyl sites for hydroxylation is 3. The summed E-state index contributed by atoms with van der Waals surface area (Å²) in [6.45, 7) is 5.55. The summed E-state index contributed by atoms with van der Waals surface area (Å²) in [5.41, 5.74) is 3.91. The lowest BCUT2D eigenvalue weighted by Gasteiger charge is -2.11. The van der Waals surface area contributed by atoms with Crippen molar-refractivity contribution in [1.82, 2.24) is 9.78 Å². The van der Waals surface area contributed by atoms with E-state index in [9.17, 15) is 9.59 Å². The van der Waals surface area contributed by atoms with E-state index in [1.165, 1.54) is 18.0 Å². The Morgan fingerprint density at radius 1 is 1.17 bits per heavy atom. The van der Waals surface area contributed by atoms with E-state index >= 15 is 0 Å². The predicted octanol–water partition coefficient (Wildman–Crippen LogP) is 2.13. The molecule has 0 saturated heterocycles. The molecule has 23 heavy (non-hydrogen) atoms. The van der Waals surface area contributed by atoms with Crippen LogP contribution in [0.3, 0.4) is 0 Å². The van der Waals surface area contributed by atoms with Crippen molar-refractivity contribution in [3.63, 3.8) is 0 Å². The molecule has 0 atom stereocenters. The van der Waals surface area contributed by atoms with Gasteiger partial charge in [0.25, 0.3) is 0 Å². The predicted molar refractivity (Wildman–Crippen MR) is 84.8 cm³/mol. The van der Waals surface area contributed by atoms with Gasteiger partial charge in [-0.3, -0.25) is 4.79 Å². The number of carbonyl (C=O) groups excluding carboxylic acids is 2. The summed E-state index contributed by atoms with van der Waals surface area (Å²) in [5.74, 6) is -0.451. The van der Waals surface area contributed by atoms with Gasteiger partial charge in [0.05, 0.1) is 13.3 Å². The number of ketones is 1. The molecular formula is C17H20N2O4. The highest BCUT2D eigenvalue weighted by atomic mass is 16.6. The number of methoxy groups -OCH3 is 1. The van der Waals surface area contributed by atoms with Crippen LogP contribution in [0.1, 0.15) is 32.6 Å². The maximum absolute atomic E-state index is 12.9. The van der Waals surface area contributed by atoms with Crippen molar-refractivity contribution in [3.05, 3.63) is 46.1 Å². The molecule has 0 amide bonds. The molecule has 0 aliphatic rings. The monoisotopic (exact) mass is 316 g/mol. The molecule has 1 aromatic carbocycles. The average molecular weight is 316 g/mol. The summed E-state index contributed by atoms with van der Waals surface area (Å²) in [6, 6.07) is 3.88. The number of hydrogen-bond acceptors (Lipinski definition) is 5. The summed E-state index contributed by atoms with van der Waals surface area (Å²) in [4.78, 5) is 24.1. The van der Waals surface area contributed by atoms with Crippen molar-refractivity contribution in [2.24, 2.45) is 7.05 Å². The second-order valence-corrected chi connectivity index (χ2v) is 5.44. The zero-order valence-electron chi connectivity index (χ0n) is 14.0. The zero-order chi connectivity index (χ0) is 17.1. The summed E-state index contributed by atoms with van der Waals surface area (Å²) in [5, 5.41) is 4.06. The lowest BCUT2D eigenvalue weighted by atomic mass is 9.95. The maximum Gasteiger partial charge on any atom is 0.343 e. The first-order valence-electron chi connectivity index (χ1n) is 7.19. The maximum atomic E-state index is 12.9. The molecule has 0 radical (unpaired) electrons. The van der Waals surface area contributed by atoms with E-state index in [4.69, 9.17) is 4.74 Å². The van der Waals surface area contributed by atoms with E-state index in [0.29, 0.717) is 11.1 Å². The van der Waals surface area contributed by atoms with Crippen LogP contribution < -0.4 is 4.74 Å². The molecular weight excluding hydrogens is 296 g/mol. The van der Waals surface area contributed by atoms with Gasteiger partial charge in [0.2, 0.25) is 5.88 Å². The molecule has 2 aromatic rings. The third-order valence-electron chi connectivity index (χ3n) is 3.74. The van der Waals surface area contributed by atoms with E-state index in [2.05, 4.69) is 9.84 Å². The molecule has 0 aliphatic carbocycles. The first-order chi connectivity index (χ1) is 10.8. The number of ether oxygens (including phenoxy) is 2. The summed E-state index contributed by atoms with van der Waals surface area (Å²) in [7, 11) is 2.93. The smallest absolute Gasteiger partial charge is 0.343 e. The van der Waals surface area contributed by atoms with E-state index < -0.39 is 5.97 Å². The van der Waals surface area contributed by atoms with Crippen molar-refractivity contribution < 1.29 is 19.1 Å². The standard InChI is InChI=1S/C17H20N2O4/c1-10-6-11(2)12(3)13(7-10)16(21)14-8-18-19(4)17(14)23-9-15(20)22-5/h6-8H,9H2,1-5H3. The van der Waals surface area contributed by atoms with Gasteiger partial charge in [0.15, 0.2) is 12.4 Å². The Morgan fingerprint density at radius 3 is 2.52 bits per heavy atom. The van der Waals surface area contributed by atoms with Crippen molar-refractivity contribution in [3.8, 4) is 5.88 Å². The van der Waals surface area contributed by atoms with Crippen LogP contribution in [0.25, 0.3) is 0 Å². The topological polar surface area (TPSA) is 70.4 Å². The summed E-state index contributed by atoms with van der Waals surface area (Å²) < 4.78 is 11.4. The Bertz CT molecular complexity index is 762. The Balaban J connectivity index is 2.39. The Hall–Kier alpha value is -2.63. The van der Waals surface area contributed by atoms with E-state index in [0.717, 1.165) is 16.7 Å². The highest BCUT2D eigenvalue weighted by Crippen LogP contribution is 2.24. The fourth-order valence-corrected chi connectivity index (χ4v) is 2.36. The summed E-state index contributed by atoms with van der Waals surface area (Å²) >= 11 is 0. The van der Waals surface area contributed by atoms with E-state index in [1.807, 2.05) is 32.9 Å². The van der Waals surface area contributed by atoms with Gasteiger partial charge < -0.3 is 9.47 Å².